The van der Waals surface area contributed by atoms with Crippen LogP contribution < -0.4 is 4.90 Å². The van der Waals surface area contributed by atoms with Crippen molar-refractivity contribution in [1.29, 1.82) is 5.26 Å². The number of hydrogen-bond acceptors (Lipinski definition) is 3. The van der Waals surface area contributed by atoms with Gasteiger partial charge in [-0.15, -0.1) is 0 Å². The van der Waals surface area contributed by atoms with Crippen LogP contribution in [0.2, 0.25) is 0 Å². The van der Waals surface area contributed by atoms with E-state index >= 15 is 0 Å². The Morgan fingerprint density at radius 1 is 1.47 bits per heavy atom. The van der Waals surface area contributed by atoms with Gasteiger partial charge in [-0.05, 0) is 32.0 Å². The van der Waals surface area contributed by atoms with Crippen LogP contribution in [0.5, 0.6) is 0 Å². The first kappa shape index (κ1) is 11.9. The summed E-state index contributed by atoms with van der Waals surface area (Å²) in [5, 5.41) is 8.70. The lowest BCUT2D eigenvalue weighted by atomic mass is 10.1. The average Bonchev–Trinajstić information content (AvgIpc) is 2.27. The maximum absolute atomic E-state index is 13.8. The SMILES string of the molecule is CC1(C)CN(c2ccc(C#N)cc2F)CCO1. The summed E-state index contributed by atoms with van der Waals surface area (Å²) >= 11 is 0. The molecule has 1 aromatic carbocycles. The van der Waals surface area contributed by atoms with E-state index in [-0.39, 0.29) is 11.4 Å². The van der Waals surface area contributed by atoms with Crippen LogP contribution in [0, 0.1) is 17.1 Å². The molecule has 1 saturated heterocycles. The second-order valence-electron chi connectivity index (χ2n) is 4.81. The van der Waals surface area contributed by atoms with Gasteiger partial charge in [0.2, 0.25) is 0 Å². The predicted molar refractivity (Wildman–Crippen MR) is 63.4 cm³/mol. The Labute approximate surface area is 100 Å². The van der Waals surface area contributed by atoms with Gasteiger partial charge in [0, 0.05) is 13.1 Å². The minimum atomic E-state index is -0.346. The summed E-state index contributed by atoms with van der Waals surface area (Å²) in [6, 6.07) is 6.51. The van der Waals surface area contributed by atoms with E-state index in [2.05, 4.69) is 0 Å². The lowest BCUT2D eigenvalue weighted by Crippen LogP contribution is -2.48. The van der Waals surface area contributed by atoms with Crippen LogP contribution in [0.25, 0.3) is 0 Å². The fourth-order valence-electron chi connectivity index (χ4n) is 2.05. The maximum Gasteiger partial charge on any atom is 0.147 e. The second kappa shape index (κ2) is 4.34. The number of halogens is 1. The van der Waals surface area contributed by atoms with E-state index < -0.39 is 0 Å². The van der Waals surface area contributed by atoms with Crippen LogP contribution in [0.4, 0.5) is 10.1 Å². The monoisotopic (exact) mass is 234 g/mol. The smallest absolute Gasteiger partial charge is 0.147 e. The molecule has 0 saturated carbocycles. The molecule has 90 valence electrons. The molecule has 1 aromatic rings. The van der Waals surface area contributed by atoms with Gasteiger partial charge in [0.15, 0.2) is 0 Å². The van der Waals surface area contributed by atoms with E-state index in [1.165, 1.54) is 6.07 Å². The number of anilines is 1. The molecule has 0 aliphatic carbocycles. The van der Waals surface area contributed by atoms with E-state index in [9.17, 15) is 4.39 Å². The summed E-state index contributed by atoms with van der Waals surface area (Å²) in [7, 11) is 0. The van der Waals surface area contributed by atoms with Gasteiger partial charge in [-0.2, -0.15) is 5.26 Å². The van der Waals surface area contributed by atoms with E-state index in [1.807, 2.05) is 24.8 Å². The van der Waals surface area contributed by atoms with Crippen LogP contribution >= 0.6 is 0 Å². The average molecular weight is 234 g/mol. The lowest BCUT2D eigenvalue weighted by molar-refractivity contribution is -0.0278. The summed E-state index contributed by atoms with van der Waals surface area (Å²) < 4.78 is 19.4. The molecule has 0 bridgehead atoms. The molecule has 1 aliphatic heterocycles. The van der Waals surface area contributed by atoms with Gasteiger partial charge in [0.1, 0.15) is 5.82 Å². The molecule has 1 aliphatic rings. The van der Waals surface area contributed by atoms with Crippen molar-refractivity contribution in [3.8, 4) is 6.07 Å². The van der Waals surface area contributed by atoms with Gasteiger partial charge < -0.3 is 9.64 Å². The lowest BCUT2D eigenvalue weighted by Gasteiger charge is -2.39. The van der Waals surface area contributed by atoms with Gasteiger partial charge in [-0.3, -0.25) is 0 Å². The Balaban J connectivity index is 2.26. The number of hydrogen-bond donors (Lipinski definition) is 0. The third-order valence-corrected chi connectivity index (χ3v) is 2.84. The van der Waals surface area contributed by atoms with Gasteiger partial charge in [0.05, 0.1) is 29.5 Å². The first-order valence-corrected chi connectivity index (χ1v) is 5.60. The summed E-state index contributed by atoms with van der Waals surface area (Å²) in [6.07, 6.45) is 0. The highest BCUT2D eigenvalue weighted by atomic mass is 19.1. The zero-order chi connectivity index (χ0) is 12.5. The summed E-state index contributed by atoms with van der Waals surface area (Å²) in [4.78, 5) is 1.96. The van der Waals surface area contributed by atoms with Crippen LogP contribution in [-0.4, -0.2) is 25.3 Å². The van der Waals surface area contributed by atoms with E-state index in [0.29, 0.717) is 30.9 Å². The standard InChI is InChI=1S/C13H15FN2O/c1-13(2)9-16(5-6-17-13)12-4-3-10(8-15)7-11(12)14/h3-4,7H,5-6,9H2,1-2H3. The molecule has 3 nitrogen and oxygen atoms in total. The van der Waals surface area contributed by atoms with Gasteiger partial charge in [-0.25, -0.2) is 4.39 Å². The molecule has 1 heterocycles. The number of benzene rings is 1. The summed E-state index contributed by atoms with van der Waals surface area (Å²) in [5.74, 6) is -0.346. The molecular formula is C13H15FN2O. The van der Waals surface area contributed by atoms with Crippen molar-refractivity contribution in [3.05, 3.63) is 29.6 Å². The number of rotatable bonds is 1. The third kappa shape index (κ3) is 2.56. The second-order valence-corrected chi connectivity index (χ2v) is 4.81. The van der Waals surface area contributed by atoms with Crippen LogP contribution in [0.1, 0.15) is 19.4 Å². The topological polar surface area (TPSA) is 36.3 Å². The maximum atomic E-state index is 13.8. The Hall–Kier alpha value is -1.60. The van der Waals surface area contributed by atoms with Gasteiger partial charge in [0.25, 0.3) is 0 Å². The molecule has 1 fully saturated rings. The molecule has 0 spiro atoms. The molecule has 4 heteroatoms. The van der Waals surface area contributed by atoms with Crippen molar-refractivity contribution in [2.75, 3.05) is 24.6 Å². The first-order valence-electron chi connectivity index (χ1n) is 5.60. The Kier molecular flexibility index (Phi) is 3.03. The molecule has 17 heavy (non-hydrogen) atoms. The highest BCUT2D eigenvalue weighted by Gasteiger charge is 2.28. The number of nitriles is 1. The highest BCUT2D eigenvalue weighted by Crippen LogP contribution is 2.25. The number of morpholine rings is 1. The molecule has 0 atom stereocenters. The van der Waals surface area contributed by atoms with Gasteiger partial charge in [-0.1, -0.05) is 0 Å². The zero-order valence-corrected chi connectivity index (χ0v) is 10.0. The van der Waals surface area contributed by atoms with E-state index in [1.54, 1.807) is 12.1 Å². The van der Waals surface area contributed by atoms with E-state index in [0.717, 1.165) is 0 Å². The van der Waals surface area contributed by atoms with Crippen molar-refractivity contribution in [3.63, 3.8) is 0 Å². The molecule has 0 amide bonds. The normalized spacial score (nSPS) is 18.8. The highest BCUT2D eigenvalue weighted by molar-refractivity contribution is 5.51. The minimum absolute atomic E-state index is 0.265. The van der Waals surface area contributed by atoms with Crippen molar-refractivity contribution in [1.82, 2.24) is 0 Å². The quantitative estimate of drug-likeness (QED) is 0.748. The molecule has 0 radical (unpaired) electrons. The molecular weight excluding hydrogens is 219 g/mol. The van der Waals surface area contributed by atoms with Crippen molar-refractivity contribution in [2.24, 2.45) is 0 Å². The molecule has 2 rings (SSSR count). The largest absolute Gasteiger partial charge is 0.372 e. The summed E-state index contributed by atoms with van der Waals surface area (Å²) in [6.45, 7) is 5.88. The number of ether oxygens (including phenoxy) is 1. The molecule has 0 N–H and O–H groups in total. The first-order chi connectivity index (χ1) is 8.02. The third-order valence-electron chi connectivity index (χ3n) is 2.84. The fraction of sp³-hybridized carbons (Fsp3) is 0.462. The van der Waals surface area contributed by atoms with Crippen LogP contribution in [0.3, 0.4) is 0 Å². The van der Waals surface area contributed by atoms with Gasteiger partial charge >= 0.3 is 0 Å². The zero-order valence-electron chi connectivity index (χ0n) is 10.0. The van der Waals surface area contributed by atoms with Crippen molar-refractivity contribution in [2.45, 2.75) is 19.4 Å². The fourth-order valence-corrected chi connectivity index (χ4v) is 2.05. The summed E-state index contributed by atoms with van der Waals surface area (Å²) in [5.41, 5.74) is 0.623. The van der Waals surface area contributed by atoms with E-state index in [4.69, 9.17) is 10.00 Å². The molecule has 0 unspecified atom stereocenters. The Morgan fingerprint density at radius 3 is 2.82 bits per heavy atom. The number of nitrogens with zero attached hydrogens (tertiary/aromatic N) is 2. The van der Waals surface area contributed by atoms with Crippen LogP contribution in [0.15, 0.2) is 18.2 Å². The Morgan fingerprint density at radius 2 is 2.24 bits per heavy atom. The Bertz CT molecular complexity index is 465. The minimum Gasteiger partial charge on any atom is -0.372 e. The van der Waals surface area contributed by atoms with Crippen molar-refractivity contribution < 1.29 is 9.13 Å². The predicted octanol–water partition coefficient (Wildman–Crippen LogP) is 2.31. The van der Waals surface area contributed by atoms with Crippen molar-refractivity contribution >= 4 is 5.69 Å². The molecule has 0 aromatic heterocycles. The van der Waals surface area contributed by atoms with Crippen LogP contribution in [-0.2, 0) is 4.74 Å².